The summed E-state index contributed by atoms with van der Waals surface area (Å²) in [6.07, 6.45) is 2.05. The summed E-state index contributed by atoms with van der Waals surface area (Å²) in [5.41, 5.74) is 2.14. The number of fused-ring (bicyclic) bond motifs is 1. The van der Waals surface area contributed by atoms with Crippen LogP contribution in [0.15, 0.2) is 42.6 Å². The number of halogens is 1. The molecule has 0 unspecified atom stereocenters. The van der Waals surface area contributed by atoms with Crippen LogP contribution in [-0.4, -0.2) is 39.9 Å². The second-order valence-corrected chi connectivity index (χ2v) is 7.02. The summed E-state index contributed by atoms with van der Waals surface area (Å²) in [4.78, 5) is 17.0. The number of rotatable bonds is 4. The van der Waals surface area contributed by atoms with E-state index in [1.807, 2.05) is 11.0 Å². The molecule has 2 aromatic rings. The van der Waals surface area contributed by atoms with Crippen LogP contribution in [0.1, 0.15) is 11.3 Å². The van der Waals surface area contributed by atoms with E-state index >= 15 is 0 Å². The van der Waals surface area contributed by atoms with Gasteiger partial charge in [-0.3, -0.25) is 9.69 Å². The molecule has 0 aliphatic carbocycles. The summed E-state index contributed by atoms with van der Waals surface area (Å²) in [5, 5.41) is 0. The Hall–Kier alpha value is -2.14. The molecule has 126 valence electrons. The first-order chi connectivity index (χ1) is 11.6. The fourth-order valence-corrected chi connectivity index (χ4v) is 4.05. The predicted molar refractivity (Wildman–Crippen MR) is 89.5 cm³/mol. The number of hydrogen-bond acceptors (Lipinski definition) is 2. The number of carbonyl (C=O) groups excluding carboxylic acids is 1. The number of aryl methyl sites for hydroxylation is 1. The van der Waals surface area contributed by atoms with E-state index < -0.39 is 0 Å². The Morgan fingerprint density at radius 1 is 1.12 bits per heavy atom. The van der Waals surface area contributed by atoms with E-state index in [0.29, 0.717) is 12.5 Å². The Kier molecular flexibility index (Phi) is 3.88. The van der Waals surface area contributed by atoms with Crippen molar-refractivity contribution in [2.45, 2.75) is 13.1 Å². The number of amides is 1. The predicted octanol–water partition coefficient (Wildman–Crippen LogP) is 2.25. The van der Waals surface area contributed by atoms with Gasteiger partial charge >= 0.3 is 0 Å². The fourth-order valence-electron chi connectivity index (χ4n) is 4.05. The molecule has 2 aliphatic rings. The Morgan fingerprint density at radius 2 is 2.00 bits per heavy atom. The number of likely N-dealkylation sites (tertiary alicyclic amines) is 2. The lowest BCUT2D eigenvalue weighted by Gasteiger charge is -2.22. The van der Waals surface area contributed by atoms with Crippen molar-refractivity contribution >= 4 is 5.91 Å². The van der Waals surface area contributed by atoms with E-state index in [0.717, 1.165) is 31.7 Å². The topological polar surface area (TPSA) is 28.5 Å². The minimum absolute atomic E-state index is 0.0961. The third-order valence-corrected chi connectivity index (χ3v) is 5.30. The first-order valence-electron chi connectivity index (χ1n) is 8.46. The van der Waals surface area contributed by atoms with Gasteiger partial charge in [0.05, 0.1) is 5.92 Å². The summed E-state index contributed by atoms with van der Waals surface area (Å²) in [6.45, 7) is 3.98. The van der Waals surface area contributed by atoms with E-state index in [1.165, 1.54) is 17.8 Å². The molecule has 2 fully saturated rings. The highest BCUT2D eigenvalue weighted by Crippen LogP contribution is 2.33. The maximum Gasteiger partial charge on any atom is 0.227 e. The maximum atomic E-state index is 13.3. The van der Waals surface area contributed by atoms with Crippen molar-refractivity contribution in [3.63, 3.8) is 0 Å². The molecule has 3 heterocycles. The van der Waals surface area contributed by atoms with Gasteiger partial charge in [-0.15, -0.1) is 0 Å². The van der Waals surface area contributed by atoms with Gasteiger partial charge in [-0.2, -0.15) is 0 Å². The molecule has 2 atom stereocenters. The molecule has 4 rings (SSSR count). The number of aromatic nitrogens is 1. The normalized spacial score (nSPS) is 23.9. The first-order valence-corrected chi connectivity index (χ1v) is 8.46. The Balaban J connectivity index is 1.39. The van der Waals surface area contributed by atoms with Gasteiger partial charge < -0.3 is 9.47 Å². The molecule has 0 spiro atoms. The molecule has 2 saturated heterocycles. The molecule has 0 N–H and O–H groups in total. The van der Waals surface area contributed by atoms with Crippen molar-refractivity contribution < 1.29 is 9.18 Å². The minimum atomic E-state index is -0.243. The van der Waals surface area contributed by atoms with Gasteiger partial charge in [0.25, 0.3) is 0 Å². The average molecular weight is 327 g/mol. The lowest BCUT2D eigenvalue weighted by molar-refractivity contribution is -0.131. The monoisotopic (exact) mass is 327 g/mol. The molecule has 24 heavy (non-hydrogen) atoms. The van der Waals surface area contributed by atoms with Crippen LogP contribution < -0.4 is 0 Å². The largest absolute Gasteiger partial charge is 0.353 e. The number of hydrogen-bond donors (Lipinski definition) is 0. The minimum Gasteiger partial charge on any atom is -0.353 e. The Bertz CT molecular complexity index is 757. The third-order valence-electron chi connectivity index (χ3n) is 5.30. The highest BCUT2D eigenvalue weighted by Gasteiger charge is 2.45. The van der Waals surface area contributed by atoms with E-state index in [4.69, 9.17) is 0 Å². The van der Waals surface area contributed by atoms with Gasteiger partial charge in [-0.25, -0.2) is 4.39 Å². The van der Waals surface area contributed by atoms with Crippen LogP contribution in [0.2, 0.25) is 0 Å². The van der Waals surface area contributed by atoms with Crippen molar-refractivity contribution in [1.82, 2.24) is 14.4 Å². The number of carbonyl (C=O) groups is 1. The van der Waals surface area contributed by atoms with Gasteiger partial charge in [-0.1, -0.05) is 12.1 Å². The maximum absolute atomic E-state index is 13.3. The van der Waals surface area contributed by atoms with Crippen LogP contribution >= 0.6 is 0 Å². The lowest BCUT2D eigenvalue weighted by Crippen LogP contribution is -2.32. The molecule has 1 aromatic heterocycles. The molecule has 5 heteroatoms. The summed E-state index contributed by atoms with van der Waals surface area (Å²) >= 11 is 0. The highest BCUT2D eigenvalue weighted by atomic mass is 19.1. The van der Waals surface area contributed by atoms with E-state index in [-0.39, 0.29) is 17.6 Å². The zero-order valence-electron chi connectivity index (χ0n) is 13.9. The quantitative estimate of drug-likeness (QED) is 0.862. The molecule has 0 saturated carbocycles. The van der Waals surface area contributed by atoms with Crippen LogP contribution in [0.4, 0.5) is 4.39 Å². The van der Waals surface area contributed by atoms with E-state index in [9.17, 15) is 9.18 Å². The first kappa shape index (κ1) is 15.4. The van der Waals surface area contributed by atoms with Crippen LogP contribution in [0.25, 0.3) is 0 Å². The van der Waals surface area contributed by atoms with Crippen LogP contribution in [0.5, 0.6) is 0 Å². The molecular formula is C19H22FN3O. The number of nitrogens with zero attached hydrogens (tertiary/aromatic N) is 3. The second kappa shape index (κ2) is 6.06. The van der Waals surface area contributed by atoms with Crippen molar-refractivity contribution in [2.24, 2.45) is 18.9 Å². The summed E-state index contributed by atoms with van der Waals surface area (Å²) < 4.78 is 15.5. The standard InChI is InChI=1S/C19H22FN3O/c1-21-7-3-6-17(21)12-22-10-15-11-23(19(24)18(15)13-22)9-14-4-2-5-16(20)8-14/h2-8,15,18H,9-13H2,1H3/t15-,18+/m0/s1. The molecule has 0 bridgehead atoms. The molecule has 0 radical (unpaired) electrons. The summed E-state index contributed by atoms with van der Waals surface area (Å²) in [5.74, 6) is 0.469. The third kappa shape index (κ3) is 2.84. The van der Waals surface area contributed by atoms with Gasteiger partial charge in [0.15, 0.2) is 0 Å². The van der Waals surface area contributed by atoms with Crippen molar-refractivity contribution in [3.8, 4) is 0 Å². The van der Waals surface area contributed by atoms with Crippen molar-refractivity contribution in [3.05, 3.63) is 59.7 Å². The average Bonchev–Trinajstić information content (AvgIpc) is 3.19. The molecule has 1 amide bonds. The van der Waals surface area contributed by atoms with E-state index in [2.05, 4.69) is 34.8 Å². The molecule has 2 aliphatic heterocycles. The van der Waals surface area contributed by atoms with Gasteiger partial charge in [0.2, 0.25) is 5.91 Å². The highest BCUT2D eigenvalue weighted by molar-refractivity contribution is 5.82. The fraction of sp³-hybridized carbons (Fsp3) is 0.421. The molecule has 1 aromatic carbocycles. The smallest absolute Gasteiger partial charge is 0.227 e. The van der Waals surface area contributed by atoms with E-state index in [1.54, 1.807) is 6.07 Å². The Labute approximate surface area is 141 Å². The van der Waals surface area contributed by atoms with Gasteiger partial charge in [0.1, 0.15) is 5.82 Å². The zero-order valence-corrected chi connectivity index (χ0v) is 13.9. The van der Waals surface area contributed by atoms with Crippen LogP contribution in [0.3, 0.4) is 0 Å². The number of benzene rings is 1. The molecule has 4 nitrogen and oxygen atoms in total. The van der Waals surface area contributed by atoms with Crippen LogP contribution in [0, 0.1) is 17.7 Å². The van der Waals surface area contributed by atoms with Gasteiger partial charge in [-0.05, 0) is 29.8 Å². The SMILES string of the molecule is Cn1cccc1CN1C[C@H]2CN(Cc3cccc(F)c3)C(=O)[C@@H]2C1. The Morgan fingerprint density at radius 3 is 2.71 bits per heavy atom. The van der Waals surface area contributed by atoms with Crippen molar-refractivity contribution in [2.75, 3.05) is 19.6 Å². The summed E-state index contributed by atoms with van der Waals surface area (Å²) in [7, 11) is 2.05. The van der Waals surface area contributed by atoms with Crippen molar-refractivity contribution in [1.29, 1.82) is 0 Å². The van der Waals surface area contributed by atoms with Gasteiger partial charge in [0, 0.05) is 57.6 Å². The second-order valence-electron chi connectivity index (χ2n) is 7.02. The summed E-state index contributed by atoms with van der Waals surface area (Å²) in [6, 6.07) is 10.7. The van der Waals surface area contributed by atoms with Crippen LogP contribution in [-0.2, 0) is 24.9 Å². The molecular weight excluding hydrogens is 305 g/mol. The zero-order chi connectivity index (χ0) is 16.7. The lowest BCUT2D eigenvalue weighted by atomic mass is 10.0.